The number of hydrogen-bond acceptors (Lipinski definition) is 5. The fourth-order valence-corrected chi connectivity index (χ4v) is 3.48. The highest BCUT2D eigenvalue weighted by atomic mass is 32.2. The summed E-state index contributed by atoms with van der Waals surface area (Å²) in [6.45, 7) is 4.29. The van der Waals surface area contributed by atoms with Crippen molar-refractivity contribution in [2.45, 2.75) is 37.5 Å². The molecule has 0 saturated carbocycles. The molecule has 108 valence electrons. The van der Waals surface area contributed by atoms with Crippen LogP contribution in [0.2, 0.25) is 0 Å². The van der Waals surface area contributed by atoms with Gasteiger partial charge in [0.1, 0.15) is 12.4 Å². The van der Waals surface area contributed by atoms with Gasteiger partial charge in [0.25, 0.3) is 10.0 Å². The first-order chi connectivity index (χ1) is 9.01. The fraction of sp³-hybridized carbons (Fsp3) is 0.667. The van der Waals surface area contributed by atoms with E-state index in [1.807, 2.05) is 6.92 Å². The normalized spacial score (nSPS) is 18.8. The van der Waals surface area contributed by atoms with Gasteiger partial charge in [0.05, 0.1) is 0 Å². The molecular formula is C12H20N2O4S. The summed E-state index contributed by atoms with van der Waals surface area (Å²) in [7, 11) is -3.64. The molecule has 0 aliphatic carbocycles. The molecule has 6 nitrogen and oxygen atoms in total. The van der Waals surface area contributed by atoms with Gasteiger partial charge in [-0.25, -0.2) is 13.1 Å². The van der Waals surface area contributed by atoms with Crippen LogP contribution in [0.4, 0.5) is 0 Å². The van der Waals surface area contributed by atoms with Crippen LogP contribution in [0.25, 0.3) is 0 Å². The van der Waals surface area contributed by atoms with E-state index >= 15 is 0 Å². The maximum atomic E-state index is 12.0. The molecule has 1 saturated heterocycles. The zero-order chi connectivity index (χ0) is 13.9. The number of hydrogen-bond donors (Lipinski definition) is 2. The maximum absolute atomic E-state index is 12.0. The molecule has 19 heavy (non-hydrogen) atoms. The van der Waals surface area contributed by atoms with Crippen molar-refractivity contribution in [3.05, 3.63) is 17.9 Å². The molecule has 0 amide bonds. The Morgan fingerprint density at radius 1 is 1.42 bits per heavy atom. The van der Waals surface area contributed by atoms with E-state index in [2.05, 4.69) is 9.62 Å². The van der Waals surface area contributed by atoms with Crippen molar-refractivity contribution in [3.63, 3.8) is 0 Å². The third kappa shape index (κ3) is 3.79. The smallest absolute Gasteiger partial charge is 0.274 e. The van der Waals surface area contributed by atoms with Crippen molar-refractivity contribution in [3.8, 4) is 0 Å². The average Bonchev–Trinajstić information content (AvgIpc) is 2.97. The highest BCUT2D eigenvalue weighted by molar-refractivity contribution is 7.89. The molecule has 0 aromatic carbocycles. The zero-order valence-corrected chi connectivity index (χ0v) is 11.8. The van der Waals surface area contributed by atoms with Crippen LogP contribution >= 0.6 is 0 Å². The van der Waals surface area contributed by atoms with Gasteiger partial charge in [0, 0.05) is 12.6 Å². The number of aliphatic hydroxyl groups excluding tert-OH is 1. The van der Waals surface area contributed by atoms with Crippen LogP contribution in [-0.4, -0.2) is 44.1 Å². The largest absolute Gasteiger partial charge is 0.446 e. The number of nitrogens with one attached hydrogen (secondary N) is 1. The molecule has 1 aliphatic heterocycles. The van der Waals surface area contributed by atoms with E-state index in [-0.39, 0.29) is 23.5 Å². The lowest BCUT2D eigenvalue weighted by Gasteiger charge is -2.20. The molecule has 1 atom stereocenters. The Labute approximate surface area is 113 Å². The van der Waals surface area contributed by atoms with Crippen LogP contribution in [-0.2, 0) is 16.6 Å². The minimum absolute atomic E-state index is 0.148. The quantitative estimate of drug-likeness (QED) is 0.798. The lowest BCUT2D eigenvalue weighted by atomic mass is 10.3. The standard InChI is InChI=1S/C12H20N2O4S/c1-10(8-14-6-2-3-7-14)13-19(16,17)12-5-4-11(9-15)18-12/h4-5,10,13,15H,2-3,6-9H2,1H3. The highest BCUT2D eigenvalue weighted by Gasteiger charge is 2.23. The van der Waals surface area contributed by atoms with E-state index < -0.39 is 10.0 Å². The van der Waals surface area contributed by atoms with Gasteiger partial charge in [-0.1, -0.05) is 0 Å². The van der Waals surface area contributed by atoms with Crippen molar-refractivity contribution in [2.75, 3.05) is 19.6 Å². The van der Waals surface area contributed by atoms with Crippen LogP contribution in [0.3, 0.4) is 0 Å². The van der Waals surface area contributed by atoms with Crippen LogP contribution < -0.4 is 4.72 Å². The van der Waals surface area contributed by atoms with Gasteiger partial charge in [-0.3, -0.25) is 0 Å². The minimum Gasteiger partial charge on any atom is -0.446 e. The predicted molar refractivity (Wildman–Crippen MR) is 70.1 cm³/mol. The molecule has 0 radical (unpaired) electrons. The second-order valence-corrected chi connectivity index (χ2v) is 6.55. The molecule has 2 heterocycles. The molecular weight excluding hydrogens is 268 g/mol. The van der Waals surface area contributed by atoms with Crippen LogP contribution in [0, 0.1) is 0 Å². The Kier molecular flexibility index (Phi) is 4.62. The average molecular weight is 288 g/mol. The van der Waals surface area contributed by atoms with Gasteiger partial charge in [-0.15, -0.1) is 0 Å². The highest BCUT2D eigenvalue weighted by Crippen LogP contribution is 2.15. The summed E-state index contributed by atoms with van der Waals surface area (Å²) in [5, 5.41) is 8.72. The predicted octanol–water partition coefficient (Wildman–Crippen LogP) is 0.534. The van der Waals surface area contributed by atoms with E-state index in [9.17, 15) is 8.42 Å². The summed E-state index contributed by atoms with van der Waals surface area (Å²) in [6.07, 6.45) is 2.36. The van der Waals surface area contributed by atoms with Gasteiger partial charge in [-0.2, -0.15) is 0 Å². The summed E-state index contributed by atoms with van der Waals surface area (Å²) in [5.74, 6) is 0.243. The fourth-order valence-electron chi connectivity index (χ4n) is 2.30. The molecule has 1 aromatic rings. The molecule has 1 aliphatic rings. The first kappa shape index (κ1) is 14.5. The van der Waals surface area contributed by atoms with Crippen molar-refractivity contribution in [1.82, 2.24) is 9.62 Å². The summed E-state index contributed by atoms with van der Waals surface area (Å²) < 4.78 is 31.7. The Bertz CT molecular complexity index is 506. The first-order valence-corrected chi connectivity index (χ1v) is 7.94. The number of sulfonamides is 1. The van der Waals surface area contributed by atoms with Gasteiger partial charge in [0.2, 0.25) is 5.09 Å². The topological polar surface area (TPSA) is 82.8 Å². The van der Waals surface area contributed by atoms with E-state index in [0.29, 0.717) is 6.54 Å². The second kappa shape index (κ2) is 6.04. The number of likely N-dealkylation sites (tertiary alicyclic amines) is 1. The van der Waals surface area contributed by atoms with Gasteiger partial charge >= 0.3 is 0 Å². The van der Waals surface area contributed by atoms with E-state index in [0.717, 1.165) is 13.1 Å². The Morgan fingerprint density at radius 2 is 2.11 bits per heavy atom. The van der Waals surface area contributed by atoms with Gasteiger partial charge in [-0.05, 0) is 45.0 Å². The number of furan rings is 1. The second-order valence-electron chi connectivity index (χ2n) is 4.91. The number of nitrogens with zero attached hydrogens (tertiary/aromatic N) is 1. The molecule has 2 rings (SSSR count). The summed E-state index contributed by atoms with van der Waals surface area (Å²) in [6, 6.07) is 2.64. The molecule has 1 unspecified atom stereocenters. The molecule has 1 fully saturated rings. The van der Waals surface area contributed by atoms with Crippen LogP contribution in [0.15, 0.2) is 21.6 Å². The van der Waals surface area contributed by atoms with Crippen LogP contribution in [0.5, 0.6) is 0 Å². The zero-order valence-electron chi connectivity index (χ0n) is 11.0. The van der Waals surface area contributed by atoms with Crippen molar-refractivity contribution >= 4 is 10.0 Å². The Morgan fingerprint density at radius 3 is 2.68 bits per heavy atom. The Hall–Kier alpha value is -0.890. The SMILES string of the molecule is CC(CN1CCCC1)NS(=O)(=O)c1ccc(CO)o1. The summed E-state index contributed by atoms with van der Waals surface area (Å²) in [4.78, 5) is 2.24. The molecule has 2 N–H and O–H groups in total. The third-order valence-corrected chi connectivity index (χ3v) is 4.61. The summed E-state index contributed by atoms with van der Waals surface area (Å²) in [5.41, 5.74) is 0. The van der Waals surface area contributed by atoms with Crippen molar-refractivity contribution in [1.29, 1.82) is 0 Å². The van der Waals surface area contributed by atoms with Crippen molar-refractivity contribution < 1.29 is 17.9 Å². The van der Waals surface area contributed by atoms with Gasteiger partial charge in [0.15, 0.2) is 0 Å². The lowest BCUT2D eigenvalue weighted by molar-refractivity contribution is 0.236. The van der Waals surface area contributed by atoms with Gasteiger partial charge < -0.3 is 14.4 Å². The third-order valence-electron chi connectivity index (χ3n) is 3.14. The van der Waals surface area contributed by atoms with E-state index in [4.69, 9.17) is 9.52 Å². The van der Waals surface area contributed by atoms with Crippen LogP contribution in [0.1, 0.15) is 25.5 Å². The first-order valence-electron chi connectivity index (χ1n) is 6.45. The molecule has 1 aromatic heterocycles. The number of aliphatic hydroxyl groups is 1. The molecule has 7 heteroatoms. The Balaban J connectivity index is 1.95. The minimum atomic E-state index is -3.64. The van der Waals surface area contributed by atoms with E-state index in [1.54, 1.807) is 0 Å². The lowest BCUT2D eigenvalue weighted by Crippen LogP contribution is -2.40. The maximum Gasteiger partial charge on any atom is 0.274 e. The van der Waals surface area contributed by atoms with E-state index in [1.165, 1.54) is 25.0 Å². The van der Waals surface area contributed by atoms with Crippen molar-refractivity contribution in [2.24, 2.45) is 0 Å². The number of rotatable bonds is 6. The summed E-state index contributed by atoms with van der Waals surface area (Å²) >= 11 is 0. The molecule has 0 spiro atoms. The monoisotopic (exact) mass is 288 g/mol. The molecule has 0 bridgehead atoms.